The molecule has 3 heterocycles. The lowest BCUT2D eigenvalue weighted by atomic mass is 9.74. The lowest BCUT2D eigenvalue weighted by Crippen LogP contribution is -2.35. The van der Waals surface area contributed by atoms with Crippen molar-refractivity contribution in [1.82, 2.24) is 21.0 Å². The van der Waals surface area contributed by atoms with Gasteiger partial charge in [-0.1, -0.05) is 42.5 Å². The summed E-state index contributed by atoms with van der Waals surface area (Å²) in [6.07, 6.45) is 2.17. The van der Waals surface area contributed by atoms with Crippen LogP contribution in [-0.2, 0) is 10.2 Å². The van der Waals surface area contributed by atoms with E-state index in [-0.39, 0.29) is 17.9 Å². The topological polar surface area (TPSA) is 72.2 Å². The molecule has 6 nitrogen and oxygen atoms in total. The van der Waals surface area contributed by atoms with E-state index >= 15 is 0 Å². The van der Waals surface area contributed by atoms with Crippen LogP contribution in [-0.4, -0.2) is 23.4 Å². The van der Waals surface area contributed by atoms with E-state index in [2.05, 4.69) is 33.2 Å². The van der Waals surface area contributed by atoms with Crippen LogP contribution in [0.5, 0.6) is 0 Å². The van der Waals surface area contributed by atoms with Gasteiger partial charge in [0.1, 0.15) is 11.9 Å². The van der Waals surface area contributed by atoms with Crippen LogP contribution in [0.3, 0.4) is 0 Å². The van der Waals surface area contributed by atoms with Gasteiger partial charge in [0.2, 0.25) is 11.8 Å². The summed E-state index contributed by atoms with van der Waals surface area (Å²) >= 11 is 0. The predicted molar refractivity (Wildman–Crippen MR) is 104 cm³/mol. The van der Waals surface area contributed by atoms with E-state index in [0.29, 0.717) is 37.8 Å². The largest absolute Gasteiger partial charge is 0.423 e. The van der Waals surface area contributed by atoms with Crippen molar-refractivity contribution < 1.29 is 13.5 Å². The second-order valence-electron chi connectivity index (χ2n) is 7.69. The molecule has 2 saturated heterocycles. The number of nitrogens with one attached hydrogen (secondary N) is 2. The SMILES string of the molecule is Fc1cccc(C2(c3nnc(C4CC(c5ccccc5)NN4)o3)CCOCC2)c1. The van der Waals surface area contributed by atoms with Gasteiger partial charge < -0.3 is 9.15 Å². The lowest BCUT2D eigenvalue weighted by Gasteiger charge is -2.34. The molecule has 0 saturated carbocycles. The highest BCUT2D eigenvalue weighted by molar-refractivity contribution is 5.33. The van der Waals surface area contributed by atoms with E-state index in [4.69, 9.17) is 9.15 Å². The van der Waals surface area contributed by atoms with Crippen LogP contribution in [0.1, 0.15) is 54.3 Å². The third-order valence-corrected chi connectivity index (χ3v) is 5.98. The fourth-order valence-corrected chi connectivity index (χ4v) is 4.32. The summed E-state index contributed by atoms with van der Waals surface area (Å²) < 4.78 is 25.7. The maximum absolute atomic E-state index is 13.9. The van der Waals surface area contributed by atoms with Crippen molar-refractivity contribution in [3.63, 3.8) is 0 Å². The van der Waals surface area contributed by atoms with Crippen molar-refractivity contribution in [2.75, 3.05) is 13.2 Å². The highest BCUT2D eigenvalue weighted by atomic mass is 19.1. The molecule has 2 unspecified atom stereocenters. The monoisotopic (exact) mass is 394 g/mol. The van der Waals surface area contributed by atoms with Gasteiger partial charge in [0.15, 0.2) is 0 Å². The van der Waals surface area contributed by atoms with Gasteiger partial charge >= 0.3 is 0 Å². The van der Waals surface area contributed by atoms with Crippen molar-refractivity contribution in [3.05, 3.63) is 83.3 Å². The maximum atomic E-state index is 13.9. The van der Waals surface area contributed by atoms with Gasteiger partial charge in [0.25, 0.3) is 0 Å². The molecule has 2 fully saturated rings. The molecular weight excluding hydrogens is 371 g/mol. The Bertz CT molecular complexity index is 972. The zero-order chi connectivity index (χ0) is 19.7. The summed E-state index contributed by atoms with van der Waals surface area (Å²) in [5.74, 6) is 0.819. The second-order valence-corrected chi connectivity index (χ2v) is 7.69. The smallest absolute Gasteiger partial charge is 0.234 e. The summed E-state index contributed by atoms with van der Waals surface area (Å²) in [5.41, 5.74) is 8.13. The molecule has 3 aromatic rings. The standard InChI is InChI=1S/C22H23FN4O2/c23-17-8-4-7-16(13-17)22(9-11-28-12-10-22)21-27-26-20(29-21)19-14-18(24-25-19)15-5-2-1-3-6-15/h1-8,13,18-19,24-25H,9-12,14H2. The van der Waals surface area contributed by atoms with Gasteiger partial charge in [-0.15, -0.1) is 10.2 Å². The number of rotatable bonds is 4. The van der Waals surface area contributed by atoms with E-state index in [9.17, 15) is 4.39 Å². The normalized spacial score (nSPS) is 23.9. The summed E-state index contributed by atoms with van der Waals surface area (Å²) in [5, 5.41) is 8.74. The average Bonchev–Trinajstić information content (AvgIpc) is 3.45. The molecule has 0 aliphatic carbocycles. The minimum absolute atomic E-state index is 0.0779. The first-order valence-corrected chi connectivity index (χ1v) is 9.98. The summed E-state index contributed by atoms with van der Waals surface area (Å²) in [7, 11) is 0. The number of hydrogen-bond acceptors (Lipinski definition) is 6. The fraction of sp³-hybridized carbons (Fsp3) is 0.364. The Morgan fingerprint density at radius 2 is 1.72 bits per heavy atom. The number of hydrogen-bond donors (Lipinski definition) is 2. The highest BCUT2D eigenvalue weighted by Crippen LogP contribution is 2.41. The molecule has 2 aromatic carbocycles. The minimum atomic E-state index is -0.517. The van der Waals surface area contributed by atoms with Crippen molar-refractivity contribution >= 4 is 0 Å². The summed E-state index contributed by atoms with van der Waals surface area (Å²) in [4.78, 5) is 0. The maximum Gasteiger partial charge on any atom is 0.234 e. The van der Waals surface area contributed by atoms with Crippen LogP contribution in [0.15, 0.2) is 59.0 Å². The van der Waals surface area contributed by atoms with Crippen molar-refractivity contribution in [2.45, 2.75) is 36.8 Å². The molecule has 2 aliphatic rings. The molecule has 2 N–H and O–H groups in total. The molecule has 0 radical (unpaired) electrons. The number of aromatic nitrogens is 2. The minimum Gasteiger partial charge on any atom is -0.423 e. The summed E-state index contributed by atoms with van der Waals surface area (Å²) in [6, 6.07) is 17.0. The van der Waals surface area contributed by atoms with Crippen molar-refractivity contribution in [1.29, 1.82) is 0 Å². The number of ether oxygens (including phenoxy) is 1. The van der Waals surface area contributed by atoms with E-state index in [1.807, 2.05) is 24.3 Å². The quantitative estimate of drug-likeness (QED) is 0.705. The molecule has 0 bridgehead atoms. The van der Waals surface area contributed by atoms with Crippen molar-refractivity contribution in [3.8, 4) is 0 Å². The Morgan fingerprint density at radius 1 is 0.931 bits per heavy atom. The number of nitrogens with zero attached hydrogens (tertiary/aromatic N) is 2. The van der Waals surface area contributed by atoms with E-state index in [1.54, 1.807) is 12.1 Å². The molecule has 1 aromatic heterocycles. The Labute approximate surface area is 168 Å². The molecule has 7 heteroatoms. The average molecular weight is 394 g/mol. The third kappa shape index (κ3) is 3.46. The van der Waals surface area contributed by atoms with Crippen molar-refractivity contribution in [2.24, 2.45) is 0 Å². The van der Waals surface area contributed by atoms with Gasteiger partial charge in [-0.05, 0) is 42.5 Å². The Balaban J connectivity index is 1.42. The Hall–Kier alpha value is -2.61. The van der Waals surface area contributed by atoms with Gasteiger partial charge in [-0.3, -0.25) is 0 Å². The fourth-order valence-electron chi connectivity index (χ4n) is 4.32. The summed E-state index contributed by atoms with van der Waals surface area (Å²) in [6.45, 7) is 1.15. The molecule has 150 valence electrons. The van der Waals surface area contributed by atoms with Crippen LogP contribution in [0.4, 0.5) is 4.39 Å². The van der Waals surface area contributed by atoms with Crippen LogP contribution >= 0.6 is 0 Å². The first kappa shape index (κ1) is 18.4. The van der Waals surface area contributed by atoms with Gasteiger partial charge in [-0.2, -0.15) is 0 Å². The van der Waals surface area contributed by atoms with E-state index in [0.717, 1.165) is 12.0 Å². The van der Waals surface area contributed by atoms with E-state index in [1.165, 1.54) is 11.6 Å². The molecule has 2 aliphatic heterocycles. The van der Waals surface area contributed by atoms with E-state index < -0.39 is 5.41 Å². The third-order valence-electron chi connectivity index (χ3n) is 5.98. The van der Waals surface area contributed by atoms with Crippen LogP contribution in [0, 0.1) is 5.82 Å². The number of halogens is 1. The van der Waals surface area contributed by atoms with Crippen LogP contribution < -0.4 is 10.9 Å². The molecule has 0 spiro atoms. The lowest BCUT2D eigenvalue weighted by molar-refractivity contribution is 0.0537. The number of hydrazine groups is 1. The van der Waals surface area contributed by atoms with Gasteiger partial charge in [0.05, 0.1) is 5.41 Å². The predicted octanol–water partition coefficient (Wildman–Crippen LogP) is 3.59. The second kappa shape index (κ2) is 7.67. The number of benzene rings is 2. The van der Waals surface area contributed by atoms with Crippen LogP contribution in [0.2, 0.25) is 0 Å². The van der Waals surface area contributed by atoms with Crippen LogP contribution in [0.25, 0.3) is 0 Å². The molecular formula is C22H23FN4O2. The highest BCUT2D eigenvalue weighted by Gasteiger charge is 2.42. The Kier molecular flexibility index (Phi) is 4.87. The zero-order valence-corrected chi connectivity index (χ0v) is 16.0. The molecule has 0 amide bonds. The first-order valence-electron chi connectivity index (χ1n) is 9.98. The zero-order valence-electron chi connectivity index (χ0n) is 16.0. The molecule has 29 heavy (non-hydrogen) atoms. The first-order chi connectivity index (χ1) is 14.2. The van der Waals surface area contributed by atoms with Gasteiger partial charge in [-0.25, -0.2) is 15.2 Å². The molecule has 5 rings (SSSR count). The molecule has 2 atom stereocenters. The van der Waals surface area contributed by atoms with Gasteiger partial charge in [0, 0.05) is 19.3 Å². The Morgan fingerprint density at radius 3 is 2.52 bits per heavy atom.